The molecule has 1 fully saturated rings. The first-order valence-electron chi connectivity index (χ1n) is 12.9. The Morgan fingerprint density at radius 2 is 1.82 bits per heavy atom. The summed E-state index contributed by atoms with van der Waals surface area (Å²) >= 11 is 0. The minimum absolute atomic E-state index is 0.214. The van der Waals surface area contributed by atoms with Crippen LogP contribution in [-0.4, -0.2) is 80.0 Å². The van der Waals surface area contributed by atoms with Crippen molar-refractivity contribution in [2.75, 3.05) is 26.7 Å². The third-order valence-corrected chi connectivity index (χ3v) is 6.87. The standard InChI is InChI=1S/C27H30N4O3.C2H2O4/c1-34-21-7-8-24-23(15-21)22(9-12-28-24)26(33)17-31-13-10-19(11-14-31)29-16-20-6-5-18-3-2-4-25(32)27(18)30-20;3-1(4)2(5)6/h2-9,12,15,19,26,29,32-33H,10-11,13-14,16-17H2,1H3;(H,3,4)(H,5,6)/t26-;/m0./s1. The second kappa shape index (κ2) is 13.2. The lowest BCUT2D eigenvalue weighted by Gasteiger charge is -2.33. The predicted molar refractivity (Wildman–Crippen MR) is 148 cm³/mol. The highest BCUT2D eigenvalue weighted by atomic mass is 16.5. The largest absolute Gasteiger partial charge is 0.506 e. The SMILES string of the molecule is COc1ccc2nccc([C@@H](O)CN3CCC(NCc4ccc5cccc(O)c5n4)CC3)c2c1.O=C(O)C(=O)O. The van der Waals surface area contributed by atoms with Gasteiger partial charge in [-0.15, -0.1) is 0 Å². The van der Waals surface area contributed by atoms with E-state index in [-0.39, 0.29) is 5.75 Å². The zero-order valence-electron chi connectivity index (χ0n) is 22.0. The molecule has 0 radical (unpaired) electrons. The molecule has 5 N–H and O–H groups in total. The van der Waals surface area contributed by atoms with E-state index in [4.69, 9.17) is 24.5 Å². The zero-order valence-corrected chi connectivity index (χ0v) is 22.0. The molecular formula is C29H32N4O7. The van der Waals surface area contributed by atoms with Gasteiger partial charge < -0.3 is 35.4 Å². The van der Waals surface area contributed by atoms with Crippen LogP contribution >= 0.6 is 0 Å². The molecule has 40 heavy (non-hydrogen) atoms. The van der Waals surface area contributed by atoms with E-state index in [1.54, 1.807) is 19.4 Å². The highest BCUT2D eigenvalue weighted by Crippen LogP contribution is 2.28. The Morgan fingerprint density at radius 1 is 1.07 bits per heavy atom. The van der Waals surface area contributed by atoms with E-state index in [1.807, 2.05) is 48.5 Å². The summed E-state index contributed by atoms with van der Waals surface area (Å²) in [5.41, 5.74) is 3.31. The third-order valence-electron chi connectivity index (χ3n) is 6.87. The molecule has 1 saturated heterocycles. The summed E-state index contributed by atoms with van der Waals surface area (Å²) in [4.78, 5) is 29.6. The van der Waals surface area contributed by atoms with Crippen LogP contribution in [0.15, 0.2) is 60.8 Å². The number of hydrogen-bond acceptors (Lipinski definition) is 9. The van der Waals surface area contributed by atoms with E-state index < -0.39 is 18.0 Å². The number of β-amino-alcohol motifs (C(OH)–C–C–N with tert-alkyl or cyclic N) is 1. The average Bonchev–Trinajstić information content (AvgIpc) is 2.96. The summed E-state index contributed by atoms with van der Waals surface area (Å²) in [5.74, 6) is -2.67. The molecule has 5 rings (SSSR count). The number of likely N-dealkylation sites (tertiary alicyclic amines) is 1. The van der Waals surface area contributed by atoms with Crippen LogP contribution in [0.5, 0.6) is 11.5 Å². The van der Waals surface area contributed by atoms with Crippen LogP contribution in [0, 0.1) is 0 Å². The Bertz CT molecular complexity index is 1480. The molecule has 4 aromatic rings. The lowest BCUT2D eigenvalue weighted by atomic mass is 10.0. The minimum atomic E-state index is -1.82. The number of carboxylic acids is 2. The first-order valence-corrected chi connectivity index (χ1v) is 12.9. The Kier molecular flexibility index (Phi) is 9.43. The number of piperidine rings is 1. The van der Waals surface area contributed by atoms with Gasteiger partial charge in [-0.2, -0.15) is 0 Å². The van der Waals surface area contributed by atoms with Crippen LogP contribution in [-0.2, 0) is 16.1 Å². The molecule has 1 aliphatic rings. The van der Waals surface area contributed by atoms with Crippen molar-refractivity contribution in [3.8, 4) is 11.5 Å². The number of hydrogen-bond donors (Lipinski definition) is 5. The number of carbonyl (C=O) groups is 2. The van der Waals surface area contributed by atoms with Crippen molar-refractivity contribution in [3.63, 3.8) is 0 Å². The van der Waals surface area contributed by atoms with E-state index in [2.05, 4.69) is 20.2 Å². The van der Waals surface area contributed by atoms with Crippen molar-refractivity contribution in [1.29, 1.82) is 0 Å². The monoisotopic (exact) mass is 548 g/mol. The Labute approximate surface area is 230 Å². The molecule has 11 nitrogen and oxygen atoms in total. The molecule has 210 valence electrons. The lowest BCUT2D eigenvalue weighted by molar-refractivity contribution is -0.159. The van der Waals surface area contributed by atoms with Gasteiger partial charge in [0.15, 0.2) is 0 Å². The maximum atomic E-state index is 11.0. The van der Waals surface area contributed by atoms with Gasteiger partial charge in [-0.1, -0.05) is 18.2 Å². The minimum Gasteiger partial charge on any atom is -0.506 e. The van der Waals surface area contributed by atoms with Crippen molar-refractivity contribution in [2.24, 2.45) is 0 Å². The number of rotatable bonds is 7. The van der Waals surface area contributed by atoms with Gasteiger partial charge >= 0.3 is 11.9 Å². The van der Waals surface area contributed by atoms with Crippen molar-refractivity contribution < 1.29 is 34.8 Å². The fourth-order valence-electron chi connectivity index (χ4n) is 4.75. The van der Waals surface area contributed by atoms with E-state index in [0.29, 0.717) is 24.6 Å². The number of phenolic OH excluding ortho intramolecular Hbond substituents is 1. The number of aromatic hydroxyl groups is 1. The van der Waals surface area contributed by atoms with Gasteiger partial charge in [0.05, 0.1) is 24.4 Å². The quantitative estimate of drug-likeness (QED) is 0.216. The Hall–Kier alpha value is -4.32. The summed E-state index contributed by atoms with van der Waals surface area (Å²) < 4.78 is 5.36. The number of nitrogens with zero attached hydrogens (tertiary/aromatic N) is 3. The number of benzene rings is 2. The molecule has 0 unspecified atom stereocenters. The maximum Gasteiger partial charge on any atom is 0.414 e. The predicted octanol–water partition coefficient (Wildman–Crippen LogP) is 2.94. The van der Waals surface area contributed by atoms with Crippen LogP contribution in [0.4, 0.5) is 0 Å². The van der Waals surface area contributed by atoms with Crippen LogP contribution < -0.4 is 10.1 Å². The zero-order chi connectivity index (χ0) is 28.6. The van der Waals surface area contributed by atoms with Gasteiger partial charge in [0.25, 0.3) is 0 Å². The second-order valence-corrected chi connectivity index (χ2v) is 9.52. The number of aliphatic hydroxyl groups is 1. The van der Waals surface area contributed by atoms with Gasteiger partial charge in [-0.05, 0) is 67.9 Å². The van der Waals surface area contributed by atoms with Crippen molar-refractivity contribution in [3.05, 3.63) is 72.1 Å². The average molecular weight is 549 g/mol. The number of aliphatic carboxylic acids is 2. The molecule has 0 saturated carbocycles. The molecule has 1 atom stereocenters. The Morgan fingerprint density at radius 3 is 2.52 bits per heavy atom. The molecule has 0 spiro atoms. The fraction of sp³-hybridized carbons (Fsp3) is 0.310. The van der Waals surface area contributed by atoms with Crippen molar-refractivity contribution >= 4 is 33.7 Å². The molecule has 2 aromatic carbocycles. The molecule has 11 heteroatoms. The van der Waals surface area contributed by atoms with Gasteiger partial charge in [-0.3, -0.25) is 4.98 Å². The number of fused-ring (bicyclic) bond motifs is 2. The highest BCUT2D eigenvalue weighted by Gasteiger charge is 2.22. The first kappa shape index (κ1) is 28.7. The molecule has 0 bridgehead atoms. The highest BCUT2D eigenvalue weighted by molar-refractivity contribution is 6.27. The molecule has 1 aliphatic heterocycles. The number of pyridine rings is 2. The summed E-state index contributed by atoms with van der Waals surface area (Å²) in [7, 11) is 1.64. The number of para-hydroxylation sites is 1. The normalized spacial score (nSPS) is 14.8. The van der Waals surface area contributed by atoms with Crippen LogP contribution in [0.1, 0.15) is 30.2 Å². The molecule has 2 aromatic heterocycles. The number of aromatic nitrogens is 2. The number of nitrogens with one attached hydrogen (secondary N) is 1. The van der Waals surface area contributed by atoms with E-state index in [9.17, 15) is 10.2 Å². The van der Waals surface area contributed by atoms with E-state index in [1.165, 1.54) is 0 Å². The van der Waals surface area contributed by atoms with Crippen LogP contribution in [0.3, 0.4) is 0 Å². The van der Waals surface area contributed by atoms with Gasteiger partial charge in [0.1, 0.15) is 17.0 Å². The Balaban J connectivity index is 0.000000557. The molecule has 0 aliphatic carbocycles. The number of ether oxygens (including phenoxy) is 1. The molecular weight excluding hydrogens is 516 g/mol. The summed E-state index contributed by atoms with van der Waals surface area (Å²) in [6.07, 6.45) is 3.19. The maximum absolute atomic E-state index is 11.0. The number of carboxylic acid groups (broad SMARTS) is 2. The van der Waals surface area contributed by atoms with Gasteiger partial charge in [-0.25, -0.2) is 14.6 Å². The summed E-state index contributed by atoms with van der Waals surface area (Å²) in [5, 5.41) is 41.3. The number of phenols is 1. The van der Waals surface area contributed by atoms with Crippen molar-refractivity contribution in [2.45, 2.75) is 31.5 Å². The third kappa shape index (κ3) is 7.20. The van der Waals surface area contributed by atoms with Crippen molar-refractivity contribution in [1.82, 2.24) is 20.2 Å². The summed E-state index contributed by atoms with van der Waals surface area (Å²) in [6.45, 7) is 3.11. The van der Waals surface area contributed by atoms with Crippen LogP contribution in [0.2, 0.25) is 0 Å². The summed E-state index contributed by atoms with van der Waals surface area (Å²) in [6, 6.07) is 17.5. The van der Waals surface area contributed by atoms with Gasteiger partial charge in [0.2, 0.25) is 0 Å². The smallest absolute Gasteiger partial charge is 0.414 e. The number of methoxy groups -OCH3 is 1. The van der Waals surface area contributed by atoms with Gasteiger partial charge in [0, 0.05) is 36.1 Å². The lowest BCUT2D eigenvalue weighted by Crippen LogP contribution is -2.43. The number of aliphatic hydroxyl groups excluding tert-OH is 1. The fourth-order valence-corrected chi connectivity index (χ4v) is 4.75. The van der Waals surface area contributed by atoms with E-state index in [0.717, 1.165) is 59.2 Å². The topological polar surface area (TPSA) is 165 Å². The molecule has 0 amide bonds. The second-order valence-electron chi connectivity index (χ2n) is 9.52. The first-order chi connectivity index (χ1) is 19.2. The molecule has 3 heterocycles. The van der Waals surface area contributed by atoms with Crippen LogP contribution in [0.25, 0.3) is 21.8 Å². The van der Waals surface area contributed by atoms with E-state index >= 15 is 0 Å².